The molecule has 1 aromatic carbocycles. The van der Waals surface area contributed by atoms with Crippen molar-refractivity contribution in [2.75, 3.05) is 63.7 Å². The maximum absolute atomic E-state index is 16.6. The number of rotatable bonds is 7. The van der Waals surface area contributed by atoms with Crippen LogP contribution in [0.4, 0.5) is 15.9 Å². The van der Waals surface area contributed by atoms with Crippen LogP contribution in [0, 0.1) is 11.2 Å². The smallest absolute Gasteiger partial charge is 0.319 e. The second-order valence-corrected chi connectivity index (χ2v) is 11.3. The molecule has 0 saturated carbocycles. The first-order valence-corrected chi connectivity index (χ1v) is 14.1. The molecule has 6 rings (SSSR count). The molecule has 216 valence electrons. The van der Waals surface area contributed by atoms with Gasteiger partial charge < -0.3 is 30.3 Å². The monoisotopic (exact) mass is 581 g/mol. The summed E-state index contributed by atoms with van der Waals surface area (Å²) in [4.78, 5) is 18.4. The van der Waals surface area contributed by atoms with Gasteiger partial charge in [-0.05, 0) is 44.4 Å². The first-order chi connectivity index (χ1) is 19.8. The standard InChI is InChI=1S/C29H33ClFN7O3/c1-17-13-29(5-3-7-38(29)15-17)16-41-28-35-25-22(26(36-28)37-6-4-9-40-10-8-37)27(39-2)34-24(23(25)31)19-11-18(30)12-21(33)20(19)14-32/h11-12,14,32H,1,3-10,13,15-16,33H2,2H3. The number of hydrogen-bond acceptors (Lipinski definition) is 10. The Balaban J connectivity index is 1.52. The Labute approximate surface area is 242 Å². The van der Waals surface area contributed by atoms with E-state index in [2.05, 4.69) is 21.4 Å². The summed E-state index contributed by atoms with van der Waals surface area (Å²) in [6.07, 6.45) is 4.78. The number of nitrogens with two attached hydrogens (primary N) is 1. The topological polar surface area (TPSA) is 123 Å². The summed E-state index contributed by atoms with van der Waals surface area (Å²) < 4.78 is 34.2. The van der Waals surface area contributed by atoms with Crippen LogP contribution in [0.15, 0.2) is 24.3 Å². The third-order valence-corrected chi connectivity index (χ3v) is 8.43. The zero-order valence-corrected chi connectivity index (χ0v) is 23.8. The molecular formula is C29H33ClFN7O3. The molecule has 3 aliphatic heterocycles. The number of aromatic nitrogens is 3. The van der Waals surface area contributed by atoms with E-state index in [1.165, 1.54) is 24.8 Å². The average Bonchev–Trinajstić information content (AvgIpc) is 3.33. The zero-order chi connectivity index (χ0) is 28.7. The highest BCUT2D eigenvalue weighted by Crippen LogP contribution is 2.43. The van der Waals surface area contributed by atoms with Gasteiger partial charge in [-0.25, -0.2) is 9.37 Å². The van der Waals surface area contributed by atoms with Crippen LogP contribution in [0.5, 0.6) is 11.9 Å². The van der Waals surface area contributed by atoms with Gasteiger partial charge in [0.25, 0.3) is 0 Å². The number of nitrogen functional groups attached to an aromatic ring is 1. The van der Waals surface area contributed by atoms with E-state index in [0.29, 0.717) is 54.7 Å². The van der Waals surface area contributed by atoms with E-state index in [1.807, 2.05) is 4.90 Å². The van der Waals surface area contributed by atoms with Gasteiger partial charge in [0.05, 0.1) is 19.3 Å². The van der Waals surface area contributed by atoms with Crippen molar-refractivity contribution in [3.63, 3.8) is 0 Å². The molecular weight excluding hydrogens is 549 g/mol. The molecule has 0 spiro atoms. The quantitative estimate of drug-likeness (QED) is 0.236. The molecule has 0 aliphatic carbocycles. The predicted molar refractivity (Wildman–Crippen MR) is 157 cm³/mol. The average molecular weight is 582 g/mol. The van der Waals surface area contributed by atoms with Gasteiger partial charge in [-0.2, -0.15) is 9.97 Å². The van der Waals surface area contributed by atoms with Gasteiger partial charge in [0, 0.05) is 54.3 Å². The van der Waals surface area contributed by atoms with E-state index in [1.54, 1.807) is 0 Å². The van der Waals surface area contributed by atoms with Gasteiger partial charge in [0.15, 0.2) is 5.82 Å². The number of pyridine rings is 1. The molecule has 3 aliphatic rings. The van der Waals surface area contributed by atoms with Crippen molar-refractivity contribution in [3.8, 4) is 23.1 Å². The van der Waals surface area contributed by atoms with E-state index in [4.69, 9.17) is 41.9 Å². The number of anilines is 2. The van der Waals surface area contributed by atoms with Crippen LogP contribution >= 0.6 is 11.6 Å². The van der Waals surface area contributed by atoms with Crippen molar-refractivity contribution in [2.45, 2.75) is 31.2 Å². The largest absolute Gasteiger partial charge is 0.480 e. The fraction of sp³-hybridized carbons (Fsp3) is 0.448. The molecule has 0 bridgehead atoms. The summed E-state index contributed by atoms with van der Waals surface area (Å²) in [5.74, 6) is -0.0925. The summed E-state index contributed by atoms with van der Waals surface area (Å²) >= 11 is 6.29. The Morgan fingerprint density at radius 3 is 2.88 bits per heavy atom. The third kappa shape index (κ3) is 4.96. The van der Waals surface area contributed by atoms with Crippen molar-refractivity contribution < 1.29 is 18.6 Å². The molecule has 5 heterocycles. The van der Waals surface area contributed by atoms with E-state index in [9.17, 15) is 0 Å². The van der Waals surface area contributed by atoms with Crippen LogP contribution in [0.2, 0.25) is 5.02 Å². The van der Waals surface area contributed by atoms with E-state index < -0.39 is 5.82 Å². The molecule has 0 amide bonds. The molecule has 3 aromatic rings. The Morgan fingerprint density at radius 2 is 2.07 bits per heavy atom. The maximum atomic E-state index is 16.6. The van der Waals surface area contributed by atoms with Crippen LogP contribution in [0.25, 0.3) is 22.2 Å². The number of methoxy groups -OCH3 is 1. The number of hydrogen-bond donors (Lipinski definition) is 2. The van der Waals surface area contributed by atoms with Crippen molar-refractivity contribution in [1.82, 2.24) is 19.9 Å². The highest BCUT2D eigenvalue weighted by atomic mass is 35.5. The van der Waals surface area contributed by atoms with Crippen LogP contribution in [0.1, 0.15) is 31.2 Å². The number of nitrogens with one attached hydrogen (secondary N) is 1. The number of benzene rings is 1. The van der Waals surface area contributed by atoms with E-state index in [-0.39, 0.29) is 39.9 Å². The van der Waals surface area contributed by atoms with Crippen molar-refractivity contribution >= 4 is 40.2 Å². The van der Waals surface area contributed by atoms with Crippen molar-refractivity contribution in [2.24, 2.45) is 0 Å². The normalized spacial score (nSPS) is 21.2. The van der Waals surface area contributed by atoms with Gasteiger partial charge in [-0.1, -0.05) is 23.8 Å². The molecule has 41 heavy (non-hydrogen) atoms. The Bertz CT molecular complexity index is 1530. The van der Waals surface area contributed by atoms with Gasteiger partial charge in [-0.15, -0.1) is 0 Å². The molecule has 2 aromatic heterocycles. The van der Waals surface area contributed by atoms with E-state index in [0.717, 1.165) is 45.0 Å². The van der Waals surface area contributed by atoms with Crippen molar-refractivity contribution in [3.05, 3.63) is 40.7 Å². The minimum atomic E-state index is -0.708. The first kappa shape index (κ1) is 27.6. The van der Waals surface area contributed by atoms with Gasteiger partial charge in [-0.3, -0.25) is 4.90 Å². The maximum Gasteiger partial charge on any atom is 0.319 e. The highest BCUT2D eigenvalue weighted by Gasteiger charge is 2.46. The molecule has 10 nitrogen and oxygen atoms in total. The Morgan fingerprint density at radius 1 is 1.22 bits per heavy atom. The van der Waals surface area contributed by atoms with Crippen LogP contribution in [0.3, 0.4) is 0 Å². The molecule has 0 radical (unpaired) electrons. The summed E-state index contributed by atoms with van der Waals surface area (Å²) in [6.45, 7) is 8.77. The Hall–Kier alpha value is -3.54. The molecule has 1 unspecified atom stereocenters. The number of nitrogens with zero attached hydrogens (tertiary/aromatic N) is 5. The van der Waals surface area contributed by atoms with Crippen molar-refractivity contribution in [1.29, 1.82) is 5.41 Å². The molecule has 3 saturated heterocycles. The summed E-state index contributed by atoms with van der Waals surface area (Å²) in [7, 11) is 1.47. The highest BCUT2D eigenvalue weighted by molar-refractivity contribution is 6.31. The lowest BCUT2D eigenvalue weighted by molar-refractivity contribution is 0.108. The molecule has 1 atom stereocenters. The number of fused-ring (bicyclic) bond motifs is 2. The molecule has 12 heteroatoms. The summed E-state index contributed by atoms with van der Waals surface area (Å²) in [5, 5.41) is 8.53. The number of ether oxygens (including phenoxy) is 3. The van der Waals surface area contributed by atoms with Gasteiger partial charge >= 0.3 is 6.01 Å². The predicted octanol–water partition coefficient (Wildman–Crippen LogP) is 4.47. The minimum Gasteiger partial charge on any atom is -0.480 e. The second-order valence-electron chi connectivity index (χ2n) is 10.9. The zero-order valence-electron chi connectivity index (χ0n) is 23.0. The third-order valence-electron chi connectivity index (χ3n) is 8.21. The lowest BCUT2D eigenvalue weighted by Gasteiger charge is -2.31. The number of halogens is 2. The lowest BCUT2D eigenvalue weighted by atomic mass is 9.94. The summed E-state index contributed by atoms with van der Waals surface area (Å²) in [5.41, 5.74) is 7.87. The fourth-order valence-electron chi connectivity index (χ4n) is 6.32. The van der Waals surface area contributed by atoms with Gasteiger partial charge in [0.2, 0.25) is 5.88 Å². The Kier molecular flexibility index (Phi) is 7.43. The minimum absolute atomic E-state index is 0.00287. The SMILES string of the molecule is C=C1CN2CCCC2(COc2nc(N3CCCOCC3)c3c(OC)nc(-c4cc(Cl)cc(N)c4C=N)c(F)c3n2)C1. The summed E-state index contributed by atoms with van der Waals surface area (Å²) in [6, 6.07) is 3.12. The van der Waals surface area contributed by atoms with Gasteiger partial charge in [0.1, 0.15) is 29.0 Å². The lowest BCUT2D eigenvalue weighted by Crippen LogP contribution is -2.43. The molecule has 3 fully saturated rings. The fourth-order valence-corrected chi connectivity index (χ4v) is 6.55. The first-order valence-electron chi connectivity index (χ1n) is 13.8. The van der Waals surface area contributed by atoms with Crippen LogP contribution in [-0.4, -0.2) is 84.7 Å². The second kappa shape index (κ2) is 11.0. The van der Waals surface area contributed by atoms with Crippen LogP contribution in [-0.2, 0) is 4.74 Å². The van der Waals surface area contributed by atoms with Crippen LogP contribution < -0.4 is 20.1 Å². The molecule has 3 N–H and O–H groups in total. The van der Waals surface area contributed by atoms with E-state index >= 15 is 4.39 Å².